The van der Waals surface area contributed by atoms with Crippen LogP contribution in [-0.4, -0.2) is 59.1 Å². The molecule has 3 aromatic rings. The number of ether oxygens (including phenoxy) is 2. The number of anilines is 1. The first kappa shape index (κ1) is 16.5. The number of aryl methyl sites for hydroxylation is 1. The molecular weight excluding hydrogens is 334 g/mol. The number of methoxy groups -OCH3 is 1. The summed E-state index contributed by atoms with van der Waals surface area (Å²) in [7, 11) is 3.22. The second-order valence-corrected chi connectivity index (χ2v) is 6.05. The lowest BCUT2D eigenvalue weighted by molar-refractivity contribution is 0.0601. The molecule has 0 aliphatic carbocycles. The zero-order chi connectivity index (χ0) is 18.1. The summed E-state index contributed by atoms with van der Waals surface area (Å²) in [4.78, 5) is 23.5. The number of morpholine rings is 1. The van der Waals surface area contributed by atoms with Gasteiger partial charge in [0.15, 0.2) is 11.5 Å². The number of hydrogen-bond donors (Lipinski definition) is 0. The van der Waals surface area contributed by atoms with Gasteiger partial charge in [-0.3, -0.25) is 4.68 Å². The van der Waals surface area contributed by atoms with Crippen LogP contribution < -0.4 is 4.90 Å². The molecular formula is C18H19N5O3. The molecule has 0 bridgehead atoms. The molecule has 1 aliphatic heterocycles. The van der Waals surface area contributed by atoms with Crippen molar-refractivity contribution >= 4 is 22.8 Å². The van der Waals surface area contributed by atoms with Gasteiger partial charge >= 0.3 is 5.97 Å². The van der Waals surface area contributed by atoms with E-state index in [1.807, 2.05) is 13.1 Å². The fourth-order valence-electron chi connectivity index (χ4n) is 3.06. The SMILES string of the molecule is COC(=O)c1cccc(-c2nc(N3CCOCC3)c3cnn(C)c3n2)c1. The molecule has 8 nitrogen and oxygen atoms in total. The van der Waals surface area contributed by atoms with E-state index in [1.54, 1.807) is 29.1 Å². The van der Waals surface area contributed by atoms with Gasteiger partial charge in [-0.2, -0.15) is 5.10 Å². The fourth-order valence-corrected chi connectivity index (χ4v) is 3.06. The van der Waals surface area contributed by atoms with E-state index in [-0.39, 0.29) is 5.97 Å². The molecule has 0 atom stereocenters. The fraction of sp³-hybridized carbons (Fsp3) is 0.333. The van der Waals surface area contributed by atoms with E-state index in [0.717, 1.165) is 35.5 Å². The van der Waals surface area contributed by atoms with Crippen LogP contribution in [0.25, 0.3) is 22.4 Å². The molecule has 3 heterocycles. The minimum Gasteiger partial charge on any atom is -0.465 e. The molecule has 2 aromatic heterocycles. The number of nitrogens with zero attached hydrogens (tertiary/aromatic N) is 5. The number of carbonyl (C=O) groups excluding carboxylic acids is 1. The zero-order valence-corrected chi connectivity index (χ0v) is 14.7. The number of esters is 1. The predicted molar refractivity (Wildman–Crippen MR) is 96.1 cm³/mol. The molecule has 0 spiro atoms. The summed E-state index contributed by atoms with van der Waals surface area (Å²) in [6.45, 7) is 2.86. The van der Waals surface area contributed by atoms with Gasteiger partial charge in [-0.05, 0) is 12.1 Å². The van der Waals surface area contributed by atoms with Gasteiger partial charge in [0.1, 0.15) is 5.82 Å². The predicted octanol–water partition coefficient (Wildman–Crippen LogP) is 1.65. The van der Waals surface area contributed by atoms with Crippen molar-refractivity contribution in [3.63, 3.8) is 0 Å². The van der Waals surface area contributed by atoms with Gasteiger partial charge in [0.2, 0.25) is 0 Å². The lowest BCUT2D eigenvalue weighted by Gasteiger charge is -2.28. The Morgan fingerprint density at radius 2 is 2.04 bits per heavy atom. The second kappa shape index (κ2) is 6.72. The normalized spacial score (nSPS) is 14.6. The van der Waals surface area contributed by atoms with Gasteiger partial charge in [-0.1, -0.05) is 12.1 Å². The maximum Gasteiger partial charge on any atom is 0.337 e. The van der Waals surface area contributed by atoms with Crippen molar-refractivity contribution in [2.45, 2.75) is 0 Å². The van der Waals surface area contributed by atoms with Crippen molar-refractivity contribution in [1.29, 1.82) is 0 Å². The monoisotopic (exact) mass is 353 g/mol. The van der Waals surface area contributed by atoms with Crippen LogP contribution in [0.4, 0.5) is 5.82 Å². The number of carbonyl (C=O) groups is 1. The van der Waals surface area contributed by atoms with E-state index in [1.165, 1.54) is 7.11 Å². The molecule has 0 amide bonds. The first-order valence-corrected chi connectivity index (χ1v) is 8.38. The van der Waals surface area contributed by atoms with E-state index >= 15 is 0 Å². The summed E-state index contributed by atoms with van der Waals surface area (Å²) in [6.07, 6.45) is 1.79. The van der Waals surface area contributed by atoms with Gasteiger partial charge in [-0.15, -0.1) is 0 Å². The number of fused-ring (bicyclic) bond motifs is 1. The Morgan fingerprint density at radius 1 is 1.23 bits per heavy atom. The first-order valence-electron chi connectivity index (χ1n) is 8.38. The maximum absolute atomic E-state index is 11.8. The van der Waals surface area contributed by atoms with E-state index in [2.05, 4.69) is 15.0 Å². The van der Waals surface area contributed by atoms with Gasteiger partial charge < -0.3 is 14.4 Å². The molecule has 8 heteroatoms. The van der Waals surface area contributed by atoms with Crippen LogP contribution in [0.3, 0.4) is 0 Å². The lowest BCUT2D eigenvalue weighted by atomic mass is 10.1. The summed E-state index contributed by atoms with van der Waals surface area (Å²) in [5, 5.41) is 5.23. The van der Waals surface area contributed by atoms with E-state index in [4.69, 9.17) is 14.5 Å². The summed E-state index contributed by atoms with van der Waals surface area (Å²) >= 11 is 0. The number of benzene rings is 1. The molecule has 1 aliphatic rings. The van der Waals surface area contributed by atoms with Crippen molar-refractivity contribution in [2.75, 3.05) is 38.3 Å². The molecule has 0 unspecified atom stereocenters. The molecule has 1 saturated heterocycles. The Morgan fingerprint density at radius 3 is 2.81 bits per heavy atom. The van der Waals surface area contributed by atoms with E-state index in [0.29, 0.717) is 24.6 Å². The highest BCUT2D eigenvalue weighted by molar-refractivity contribution is 5.92. The molecule has 134 valence electrons. The quantitative estimate of drug-likeness (QED) is 0.662. The van der Waals surface area contributed by atoms with Gasteiger partial charge in [0.25, 0.3) is 0 Å². The Labute approximate surface area is 150 Å². The van der Waals surface area contributed by atoms with E-state index in [9.17, 15) is 4.79 Å². The highest BCUT2D eigenvalue weighted by Gasteiger charge is 2.20. The van der Waals surface area contributed by atoms with Crippen LogP contribution in [0.1, 0.15) is 10.4 Å². The molecule has 26 heavy (non-hydrogen) atoms. The minimum atomic E-state index is -0.387. The third-order valence-corrected chi connectivity index (χ3v) is 4.42. The Hall–Kier alpha value is -3.00. The van der Waals surface area contributed by atoms with E-state index < -0.39 is 0 Å². The Balaban J connectivity index is 1.85. The summed E-state index contributed by atoms with van der Waals surface area (Å²) in [5.41, 5.74) is 1.97. The van der Waals surface area contributed by atoms with Crippen LogP contribution in [0, 0.1) is 0 Å². The van der Waals surface area contributed by atoms with Crippen molar-refractivity contribution in [1.82, 2.24) is 19.7 Å². The lowest BCUT2D eigenvalue weighted by Crippen LogP contribution is -2.37. The minimum absolute atomic E-state index is 0.387. The second-order valence-electron chi connectivity index (χ2n) is 6.05. The average Bonchev–Trinajstić information content (AvgIpc) is 3.08. The largest absolute Gasteiger partial charge is 0.465 e. The summed E-state index contributed by atoms with van der Waals surface area (Å²) in [5.74, 6) is 1.00. The molecule has 1 fully saturated rings. The smallest absolute Gasteiger partial charge is 0.337 e. The Kier molecular flexibility index (Phi) is 4.26. The van der Waals surface area contributed by atoms with Crippen LogP contribution in [-0.2, 0) is 16.5 Å². The standard InChI is InChI=1S/C18H19N5O3/c1-22-16-14(11-19-22)17(23-6-8-26-9-7-23)21-15(20-16)12-4-3-5-13(10-12)18(24)25-2/h3-5,10-11H,6-9H2,1-2H3. The van der Waals surface area contributed by atoms with Gasteiger partial charge in [0.05, 0.1) is 37.5 Å². The first-order chi connectivity index (χ1) is 12.7. The number of hydrogen-bond acceptors (Lipinski definition) is 7. The highest BCUT2D eigenvalue weighted by Crippen LogP contribution is 2.28. The van der Waals surface area contributed by atoms with Crippen molar-refractivity contribution in [2.24, 2.45) is 7.05 Å². The third kappa shape index (κ3) is 2.88. The molecule has 1 aromatic carbocycles. The third-order valence-electron chi connectivity index (χ3n) is 4.42. The molecule has 0 saturated carbocycles. The topological polar surface area (TPSA) is 82.4 Å². The highest BCUT2D eigenvalue weighted by atomic mass is 16.5. The number of aromatic nitrogens is 4. The zero-order valence-electron chi connectivity index (χ0n) is 14.7. The van der Waals surface area contributed by atoms with Crippen LogP contribution in [0.5, 0.6) is 0 Å². The van der Waals surface area contributed by atoms with Crippen LogP contribution >= 0.6 is 0 Å². The summed E-state index contributed by atoms with van der Waals surface area (Å²) < 4.78 is 12.0. The molecule has 0 radical (unpaired) electrons. The van der Waals surface area contributed by atoms with Crippen LogP contribution in [0.15, 0.2) is 30.5 Å². The Bertz CT molecular complexity index is 963. The summed E-state index contributed by atoms with van der Waals surface area (Å²) in [6, 6.07) is 7.13. The van der Waals surface area contributed by atoms with Gasteiger partial charge in [-0.25, -0.2) is 14.8 Å². The van der Waals surface area contributed by atoms with Crippen molar-refractivity contribution < 1.29 is 14.3 Å². The maximum atomic E-state index is 11.8. The average molecular weight is 353 g/mol. The molecule has 0 N–H and O–H groups in total. The van der Waals surface area contributed by atoms with Crippen molar-refractivity contribution in [3.05, 3.63) is 36.0 Å². The van der Waals surface area contributed by atoms with Crippen LogP contribution in [0.2, 0.25) is 0 Å². The van der Waals surface area contributed by atoms with Gasteiger partial charge in [0, 0.05) is 25.7 Å². The number of rotatable bonds is 3. The molecule has 4 rings (SSSR count). The van der Waals surface area contributed by atoms with Crippen molar-refractivity contribution in [3.8, 4) is 11.4 Å².